The average molecular weight is 1080 g/mol. The van der Waals surface area contributed by atoms with E-state index < -0.39 is 0 Å². The highest BCUT2D eigenvalue weighted by Gasteiger charge is 2.23. The lowest BCUT2D eigenvalue weighted by Gasteiger charge is -2.08. The van der Waals surface area contributed by atoms with E-state index in [1.54, 1.807) is 0 Å². The van der Waals surface area contributed by atoms with E-state index >= 15 is 0 Å². The molecular weight excluding hydrogens is 975 g/mol. The Balaban J connectivity index is 0.000000525. The fourth-order valence-corrected chi connectivity index (χ4v) is 9.31. The Morgan fingerprint density at radius 3 is 1.19 bits per heavy atom. The van der Waals surface area contributed by atoms with Gasteiger partial charge in [0.05, 0.1) is 42.9 Å². The molecule has 0 radical (unpaired) electrons. The summed E-state index contributed by atoms with van der Waals surface area (Å²) in [6, 6.07) is 57.9. The van der Waals surface area contributed by atoms with Gasteiger partial charge in [0.1, 0.15) is 22.2 Å². The summed E-state index contributed by atoms with van der Waals surface area (Å²) in [7, 11) is 6.23. The monoisotopic (exact) mass is 1080 g/mol. The normalized spacial score (nSPS) is 9.50. The molecule has 6 heterocycles. The Kier molecular flexibility index (Phi) is 33.3. The fraction of sp³-hybridized carbons (Fsp3) is 0.329. The van der Waals surface area contributed by atoms with Crippen LogP contribution in [0.3, 0.4) is 0 Å². The second-order valence-electron chi connectivity index (χ2n) is 16.2. The van der Waals surface area contributed by atoms with Crippen molar-refractivity contribution in [3.63, 3.8) is 0 Å². The molecule has 0 bridgehead atoms. The van der Waals surface area contributed by atoms with E-state index in [-0.39, 0.29) is 0 Å². The van der Waals surface area contributed by atoms with Crippen LogP contribution in [0.2, 0.25) is 0 Å². The van der Waals surface area contributed by atoms with Gasteiger partial charge in [0.25, 0.3) is 11.5 Å². The van der Waals surface area contributed by atoms with Crippen molar-refractivity contribution in [2.75, 3.05) is 0 Å². The number of aromatic nitrogens is 7. The van der Waals surface area contributed by atoms with Gasteiger partial charge in [0.2, 0.25) is 5.95 Å². The third kappa shape index (κ3) is 15.5. The fourth-order valence-electron chi connectivity index (χ4n) is 9.31. The van der Waals surface area contributed by atoms with Gasteiger partial charge < -0.3 is 4.57 Å². The van der Waals surface area contributed by atoms with Gasteiger partial charge in [0.15, 0.2) is 0 Å². The summed E-state index contributed by atoms with van der Waals surface area (Å²) in [4.78, 5) is 4.53. The molecule has 7 nitrogen and oxygen atoms in total. The molecule has 0 aliphatic rings. The van der Waals surface area contributed by atoms with E-state index in [0.717, 1.165) is 5.95 Å². The molecule has 12 rings (SSSR count). The number of hydrogen-bond acceptors (Lipinski definition) is 1. The lowest BCUT2D eigenvalue weighted by Crippen LogP contribution is -2.33. The van der Waals surface area contributed by atoms with Gasteiger partial charge in [0, 0.05) is 52.4 Å². The van der Waals surface area contributed by atoms with Crippen LogP contribution in [-0.4, -0.2) is 23.3 Å². The van der Waals surface area contributed by atoms with Crippen molar-refractivity contribution in [1.29, 1.82) is 0 Å². The maximum atomic E-state index is 4.53. The highest BCUT2D eigenvalue weighted by Crippen LogP contribution is 2.35. The Bertz CT molecular complexity index is 3460. The van der Waals surface area contributed by atoms with E-state index in [0.29, 0.717) is 0 Å². The van der Waals surface area contributed by atoms with Crippen LogP contribution in [0.4, 0.5) is 0 Å². The maximum Gasteiger partial charge on any atom is 0.294 e. The molecule has 0 aliphatic carbocycles. The second-order valence-corrected chi connectivity index (χ2v) is 16.2. The average Bonchev–Trinajstić information content (AvgIpc) is 4.37. The molecular formula is C73H103N7+2. The third-order valence-electron chi connectivity index (χ3n) is 12.2. The van der Waals surface area contributed by atoms with Crippen LogP contribution >= 0.6 is 0 Å². The molecule has 6 aromatic carbocycles. The molecule has 80 heavy (non-hydrogen) atoms. The number of hydrogen-bond donors (Lipinski definition) is 0. The summed E-state index contributed by atoms with van der Waals surface area (Å²) < 4.78 is 13.4. The molecule has 12 aromatic rings. The minimum absolute atomic E-state index is 0.950. The van der Waals surface area contributed by atoms with Crippen LogP contribution in [0.1, 0.15) is 141 Å². The van der Waals surface area contributed by atoms with Gasteiger partial charge in [-0.15, -0.1) is 0 Å². The minimum atomic E-state index is 0.950. The van der Waals surface area contributed by atoms with Gasteiger partial charge in [-0.2, -0.15) is 9.13 Å². The molecule has 0 atom stereocenters. The van der Waals surface area contributed by atoms with Crippen molar-refractivity contribution in [1.82, 2.24) is 23.3 Å². The minimum Gasteiger partial charge on any atom is -0.320 e. The molecule has 0 spiro atoms. The van der Waals surface area contributed by atoms with Crippen molar-refractivity contribution >= 4 is 65.5 Å². The summed E-state index contributed by atoms with van der Waals surface area (Å²) in [5.74, 6) is 2.13. The van der Waals surface area contributed by atoms with Crippen molar-refractivity contribution in [3.05, 3.63) is 205 Å². The van der Waals surface area contributed by atoms with Crippen LogP contribution in [0.5, 0.6) is 0 Å². The Hall–Kier alpha value is -7.77. The molecule has 0 N–H and O–H groups in total. The highest BCUT2D eigenvalue weighted by atomic mass is 15.2. The van der Waals surface area contributed by atoms with Crippen LogP contribution in [0.25, 0.3) is 83.0 Å². The van der Waals surface area contributed by atoms with Crippen molar-refractivity contribution in [2.24, 2.45) is 21.1 Å². The Morgan fingerprint density at radius 1 is 0.338 bits per heavy atom. The van der Waals surface area contributed by atoms with Gasteiger partial charge in [-0.05, 0) is 98.1 Å². The largest absolute Gasteiger partial charge is 0.320 e. The predicted molar refractivity (Wildman–Crippen MR) is 358 cm³/mol. The molecule has 7 heteroatoms. The standard InChI is InChI=1S/2C19H17N2.C17H15N3.9C2H6/c1-14-8-3-5-11-17(14)21-18-12-6-4-9-15(18)16-10-7-13-20(2)19(16)21;1-14-8-7-10-16-15-9-3-4-11-17(15)21(19(14)16)18-12-5-6-13-20(18)2;1-12-6-5-8-14-13-7-3-4-9-15(13)20(16(12)14)17-18-10-11-19(17)2;9*1-2/h2*3-13H,1-2H3;3-11H,1-2H3;9*1-2H3/q2*+1;;;;;;;;;;. The molecule has 0 unspecified atom stereocenters. The molecule has 0 amide bonds. The number of fused-ring (bicyclic) bond motifs is 9. The number of imidazole rings is 1. The lowest BCUT2D eigenvalue weighted by molar-refractivity contribution is -0.665. The molecule has 428 valence electrons. The first kappa shape index (κ1) is 70.2. The van der Waals surface area contributed by atoms with E-state index in [1.807, 2.05) is 144 Å². The zero-order valence-electron chi connectivity index (χ0n) is 54.0. The summed E-state index contributed by atoms with van der Waals surface area (Å²) in [6.07, 6.45) is 8.02. The van der Waals surface area contributed by atoms with Crippen LogP contribution in [0, 0.1) is 20.8 Å². The highest BCUT2D eigenvalue weighted by molar-refractivity contribution is 6.11. The summed E-state index contributed by atoms with van der Waals surface area (Å²) in [5, 5.41) is 7.76. The number of nitrogens with zero attached hydrogens (tertiary/aromatic N) is 7. The van der Waals surface area contributed by atoms with E-state index in [4.69, 9.17) is 0 Å². The third-order valence-corrected chi connectivity index (χ3v) is 12.2. The van der Waals surface area contributed by atoms with Crippen LogP contribution < -0.4 is 9.13 Å². The molecule has 6 aromatic heterocycles. The SMILES string of the molecule is CC.CC.CC.CC.CC.CC.CC.CC.CC.Cc1cccc2c3ccccc3n(-c3cccc[n+]3C)c12.Cc1cccc2c3ccccc3n(-c3nccn3C)c12.Cc1ccccc1-n1c2ccccc2c2ccc[n+](C)c21. The number of benzene rings is 6. The number of para-hydroxylation sites is 6. The predicted octanol–water partition coefficient (Wildman–Crippen LogP) is 20.9. The van der Waals surface area contributed by atoms with Crippen LogP contribution in [-0.2, 0) is 21.1 Å². The number of aryl methyl sites for hydroxylation is 6. The molecule has 0 fully saturated rings. The smallest absolute Gasteiger partial charge is 0.294 e. The summed E-state index contributed by atoms with van der Waals surface area (Å²) >= 11 is 0. The van der Waals surface area contributed by atoms with Gasteiger partial charge >= 0.3 is 0 Å². The maximum absolute atomic E-state index is 4.53. The molecule has 0 saturated heterocycles. The Labute approximate surface area is 484 Å². The molecule has 0 aliphatic heterocycles. The van der Waals surface area contributed by atoms with Crippen molar-refractivity contribution in [3.8, 4) is 17.5 Å². The topological polar surface area (TPSA) is 40.4 Å². The lowest BCUT2D eigenvalue weighted by atomic mass is 10.1. The molecule has 0 saturated carbocycles. The van der Waals surface area contributed by atoms with Crippen molar-refractivity contribution < 1.29 is 9.13 Å². The zero-order chi connectivity index (χ0) is 60.5. The summed E-state index contributed by atoms with van der Waals surface area (Å²) in [6.45, 7) is 42.5. The van der Waals surface area contributed by atoms with E-state index in [1.165, 1.54) is 93.7 Å². The van der Waals surface area contributed by atoms with E-state index in [2.05, 4.69) is 243 Å². The number of rotatable bonds is 3. The first-order valence-electron chi connectivity index (χ1n) is 30.2. The van der Waals surface area contributed by atoms with Gasteiger partial charge in [-0.25, -0.2) is 14.1 Å². The zero-order valence-corrected chi connectivity index (χ0v) is 54.0. The number of pyridine rings is 2. The van der Waals surface area contributed by atoms with Crippen LogP contribution in [0.15, 0.2) is 189 Å². The van der Waals surface area contributed by atoms with E-state index in [9.17, 15) is 0 Å². The quantitative estimate of drug-likeness (QED) is 0.163. The van der Waals surface area contributed by atoms with Crippen molar-refractivity contribution in [2.45, 2.75) is 145 Å². The first-order chi connectivity index (χ1) is 39.3. The van der Waals surface area contributed by atoms with Gasteiger partial charge in [-0.3, -0.25) is 4.57 Å². The first-order valence-corrected chi connectivity index (χ1v) is 30.2. The summed E-state index contributed by atoms with van der Waals surface area (Å²) in [5.41, 5.74) is 12.6. The Morgan fingerprint density at radius 2 is 0.713 bits per heavy atom. The van der Waals surface area contributed by atoms with Gasteiger partial charge in [-0.1, -0.05) is 222 Å². The second kappa shape index (κ2) is 37.9.